The largest absolute Gasteiger partial charge is 0.481 e. The molecule has 0 radical (unpaired) electrons. The minimum absolute atomic E-state index is 0.286. The fourth-order valence-electron chi connectivity index (χ4n) is 2.48. The van der Waals surface area contributed by atoms with Crippen molar-refractivity contribution in [1.29, 1.82) is 0 Å². The summed E-state index contributed by atoms with van der Waals surface area (Å²) in [7, 11) is 1.55. The molecule has 2 N–H and O–H groups in total. The van der Waals surface area contributed by atoms with E-state index < -0.39 is 0 Å². The first-order valence-electron chi connectivity index (χ1n) is 7.16. The van der Waals surface area contributed by atoms with Crippen molar-refractivity contribution in [2.45, 2.75) is 13.0 Å². The van der Waals surface area contributed by atoms with Gasteiger partial charge in [0, 0.05) is 24.4 Å². The van der Waals surface area contributed by atoms with Gasteiger partial charge in [0.2, 0.25) is 5.88 Å². The third-order valence-electron chi connectivity index (χ3n) is 3.59. The predicted molar refractivity (Wildman–Crippen MR) is 83.9 cm³/mol. The van der Waals surface area contributed by atoms with E-state index in [0.29, 0.717) is 30.7 Å². The third kappa shape index (κ3) is 2.94. The molecule has 1 aliphatic rings. The van der Waals surface area contributed by atoms with E-state index in [0.717, 1.165) is 17.9 Å². The summed E-state index contributed by atoms with van der Waals surface area (Å²) in [6.07, 6.45) is 1.75. The van der Waals surface area contributed by atoms with Crippen LogP contribution in [0.15, 0.2) is 24.4 Å². The maximum absolute atomic E-state index is 5.80. The molecule has 0 bridgehead atoms. The smallest absolute Gasteiger partial charge is 0.215 e. The van der Waals surface area contributed by atoms with Crippen LogP contribution in [0, 0.1) is 0 Å². The Kier molecular flexibility index (Phi) is 4.06. The maximum atomic E-state index is 5.80. The molecule has 22 heavy (non-hydrogen) atoms. The van der Waals surface area contributed by atoms with Crippen LogP contribution in [0.2, 0.25) is 0 Å². The van der Waals surface area contributed by atoms with E-state index in [1.807, 2.05) is 6.07 Å². The van der Waals surface area contributed by atoms with Gasteiger partial charge in [-0.1, -0.05) is 0 Å². The molecule has 3 heterocycles. The molecular formula is C15H19N5O2. The number of nitrogens with two attached hydrogens (primary N) is 1. The average Bonchev–Trinajstić information content (AvgIpc) is 2.55. The Bertz CT molecular complexity index is 664. The highest BCUT2D eigenvalue weighted by atomic mass is 16.5. The van der Waals surface area contributed by atoms with Gasteiger partial charge in [0.05, 0.1) is 26.4 Å². The number of nitrogens with zero attached hydrogens (tertiary/aromatic N) is 4. The molecule has 0 aliphatic carbocycles. The number of hydrogen-bond acceptors (Lipinski definition) is 7. The molecular weight excluding hydrogens is 282 g/mol. The Morgan fingerprint density at radius 3 is 3.00 bits per heavy atom. The van der Waals surface area contributed by atoms with Crippen LogP contribution in [0.5, 0.6) is 5.88 Å². The summed E-state index contributed by atoms with van der Waals surface area (Å²) in [5, 5.41) is 0. The molecule has 7 nitrogen and oxygen atoms in total. The lowest BCUT2D eigenvalue weighted by atomic mass is 10.2. The van der Waals surface area contributed by atoms with Gasteiger partial charge in [-0.05, 0) is 19.1 Å². The number of pyridine rings is 1. The Morgan fingerprint density at radius 2 is 2.23 bits per heavy atom. The summed E-state index contributed by atoms with van der Waals surface area (Å²) >= 11 is 0. The van der Waals surface area contributed by atoms with Crippen molar-refractivity contribution in [3.05, 3.63) is 24.4 Å². The lowest BCUT2D eigenvalue weighted by molar-refractivity contribution is 0.0985. The lowest BCUT2D eigenvalue weighted by Crippen LogP contribution is -2.44. The van der Waals surface area contributed by atoms with E-state index in [9.17, 15) is 0 Å². The molecule has 1 unspecified atom stereocenters. The van der Waals surface area contributed by atoms with E-state index in [-0.39, 0.29) is 6.04 Å². The first kappa shape index (κ1) is 14.5. The predicted octanol–water partition coefficient (Wildman–Crippen LogP) is 1.35. The molecule has 7 heteroatoms. The summed E-state index contributed by atoms with van der Waals surface area (Å²) in [4.78, 5) is 15.3. The number of anilines is 2. The number of aromatic nitrogens is 3. The molecule has 0 spiro atoms. The normalized spacial score (nSPS) is 18.3. The van der Waals surface area contributed by atoms with E-state index in [4.69, 9.17) is 15.2 Å². The number of methoxy groups -OCH3 is 1. The quantitative estimate of drug-likeness (QED) is 0.915. The molecule has 0 amide bonds. The second-order valence-corrected chi connectivity index (χ2v) is 5.18. The fourth-order valence-corrected chi connectivity index (χ4v) is 2.48. The second-order valence-electron chi connectivity index (χ2n) is 5.18. The van der Waals surface area contributed by atoms with E-state index >= 15 is 0 Å². The summed E-state index contributed by atoms with van der Waals surface area (Å²) in [5.41, 5.74) is 6.59. The SMILES string of the molecule is COc1cc(-c2nccc(N3CCOCC3C)n2)cc(N)n1. The van der Waals surface area contributed by atoms with Crippen LogP contribution in [0.3, 0.4) is 0 Å². The molecule has 1 aliphatic heterocycles. The Labute approximate surface area is 129 Å². The zero-order chi connectivity index (χ0) is 15.5. The van der Waals surface area contributed by atoms with Crippen LogP contribution in [0.1, 0.15) is 6.92 Å². The molecule has 1 saturated heterocycles. The van der Waals surface area contributed by atoms with Gasteiger partial charge in [-0.2, -0.15) is 4.98 Å². The first-order valence-corrected chi connectivity index (χ1v) is 7.16. The summed E-state index contributed by atoms with van der Waals surface area (Å²) in [6.45, 7) is 4.35. The fraction of sp³-hybridized carbons (Fsp3) is 0.400. The Balaban J connectivity index is 1.95. The van der Waals surface area contributed by atoms with Crippen molar-refractivity contribution < 1.29 is 9.47 Å². The van der Waals surface area contributed by atoms with Crippen molar-refractivity contribution in [2.24, 2.45) is 0 Å². The van der Waals surface area contributed by atoms with Gasteiger partial charge in [-0.15, -0.1) is 0 Å². The first-order chi connectivity index (χ1) is 10.7. The highest BCUT2D eigenvalue weighted by molar-refractivity contribution is 5.62. The zero-order valence-corrected chi connectivity index (χ0v) is 12.7. The second kappa shape index (κ2) is 6.15. The highest BCUT2D eigenvalue weighted by Gasteiger charge is 2.20. The Hall–Kier alpha value is -2.41. The number of hydrogen-bond donors (Lipinski definition) is 1. The van der Waals surface area contributed by atoms with Gasteiger partial charge >= 0.3 is 0 Å². The maximum Gasteiger partial charge on any atom is 0.215 e. The molecule has 0 saturated carbocycles. The van der Waals surface area contributed by atoms with Crippen molar-refractivity contribution >= 4 is 11.6 Å². The third-order valence-corrected chi connectivity index (χ3v) is 3.59. The van der Waals surface area contributed by atoms with Gasteiger partial charge in [-0.3, -0.25) is 0 Å². The summed E-state index contributed by atoms with van der Waals surface area (Å²) in [6, 6.07) is 5.71. The molecule has 2 aromatic heterocycles. The summed E-state index contributed by atoms with van der Waals surface area (Å²) in [5.74, 6) is 2.31. The number of nitrogen functional groups attached to an aromatic ring is 1. The van der Waals surface area contributed by atoms with Crippen LogP contribution < -0.4 is 15.4 Å². The zero-order valence-electron chi connectivity index (χ0n) is 12.7. The van der Waals surface area contributed by atoms with E-state index in [2.05, 4.69) is 26.8 Å². The number of morpholine rings is 1. The monoisotopic (exact) mass is 301 g/mol. The van der Waals surface area contributed by atoms with Gasteiger partial charge in [0.15, 0.2) is 5.82 Å². The van der Waals surface area contributed by atoms with E-state index in [1.165, 1.54) is 0 Å². The van der Waals surface area contributed by atoms with Crippen molar-refractivity contribution in [2.75, 3.05) is 37.5 Å². The van der Waals surface area contributed by atoms with Crippen LogP contribution >= 0.6 is 0 Å². The topological polar surface area (TPSA) is 86.4 Å². The van der Waals surface area contributed by atoms with Crippen LogP contribution in [-0.2, 0) is 4.74 Å². The lowest BCUT2D eigenvalue weighted by Gasteiger charge is -2.34. The molecule has 1 fully saturated rings. The van der Waals surface area contributed by atoms with Gasteiger partial charge < -0.3 is 20.1 Å². The minimum Gasteiger partial charge on any atom is -0.481 e. The van der Waals surface area contributed by atoms with E-state index in [1.54, 1.807) is 25.4 Å². The molecule has 0 aromatic carbocycles. The van der Waals surface area contributed by atoms with Crippen molar-refractivity contribution in [1.82, 2.24) is 15.0 Å². The van der Waals surface area contributed by atoms with Crippen LogP contribution in [0.4, 0.5) is 11.6 Å². The van der Waals surface area contributed by atoms with Gasteiger partial charge in [-0.25, -0.2) is 9.97 Å². The van der Waals surface area contributed by atoms with Crippen LogP contribution in [0.25, 0.3) is 11.4 Å². The highest BCUT2D eigenvalue weighted by Crippen LogP contribution is 2.24. The summed E-state index contributed by atoms with van der Waals surface area (Å²) < 4.78 is 10.6. The molecule has 1 atom stereocenters. The number of ether oxygens (including phenoxy) is 2. The van der Waals surface area contributed by atoms with Gasteiger partial charge in [0.25, 0.3) is 0 Å². The Morgan fingerprint density at radius 1 is 1.36 bits per heavy atom. The number of rotatable bonds is 3. The van der Waals surface area contributed by atoms with Gasteiger partial charge in [0.1, 0.15) is 11.6 Å². The minimum atomic E-state index is 0.286. The standard InChI is InChI=1S/C15H19N5O2/c1-10-9-22-6-5-20(10)13-3-4-17-15(19-13)11-7-12(16)18-14(8-11)21-2/h3-4,7-8,10H,5-6,9H2,1-2H3,(H2,16,18). The molecule has 116 valence electrons. The van der Waals surface area contributed by atoms with Crippen LogP contribution in [-0.4, -0.2) is 47.9 Å². The van der Waals surface area contributed by atoms with Crippen molar-refractivity contribution in [3.8, 4) is 17.3 Å². The molecule has 3 rings (SSSR count). The molecule has 2 aromatic rings. The average molecular weight is 301 g/mol. The van der Waals surface area contributed by atoms with Crippen molar-refractivity contribution in [3.63, 3.8) is 0 Å².